The lowest BCUT2D eigenvalue weighted by Gasteiger charge is -2.12. The molecule has 2 aromatic rings. The molecule has 1 aromatic carbocycles. The molecule has 4 heteroatoms. The van der Waals surface area contributed by atoms with E-state index in [0.29, 0.717) is 4.99 Å². The van der Waals surface area contributed by atoms with Crippen molar-refractivity contribution in [2.75, 3.05) is 5.32 Å². The molecule has 3 N–H and O–H groups in total. The molecule has 0 saturated heterocycles. The minimum absolute atomic E-state index is 0.409. The smallest absolute Gasteiger partial charge is 0.106 e. The van der Waals surface area contributed by atoms with Gasteiger partial charge < -0.3 is 11.1 Å². The third-order valence-electron chi connectivity index (χ3n) is 2.67. The average molecular weight is 257 g/mol. The predicted molar refractivity (Wildman–Crippen MR) is 78.6 cm³/mol. The Labute approximate surface area is 112 Å². The number of thiocarbonyl (C=S) groups is 1. The van der Waals surface area contributed by atoms with E-state index in [1.807, 2.05) is 31.2 Å². The van der Waals surface area contributed by atoms with Crippen molar-refractivity contribution in [3.8, 4) is 0 Å². The molecular formula is C14H15N3S. The van der Waals surface area contributed by atoms with Gasteiger partial charge in [-0.25, -0.2) is 0 Å². The summed E-state index contributed by atoms with van der Waals surface area (Å²) in [6.07, 6.45) is 3.56. The summed E-state index contributed by atoms with van der Waals surface area (Å²) in [5.74, 6) is 0. The first-order chi connectivity index (χ1) is 8.66. The Hall–Kier alpha value is -1.94. The summed E-state index contributed by atoms with van der Waals surface area (Å²) in [5.41, 5.74) is 9.91. The Morgan fingerprint density at radius 3 is 2.67 bits per heavy atom. The molecule has 1 heterocycles. The highest BCUT2D eigenvalue weighted by Crippen LogP contribution is 2.18. The lowest BCUT2D eigenvalue weighted by Crippen LogP contribution is -2.13. The molecule has 0 bridgehead atoms. The normalized spacial score (nSPS) is 10.1. The van der Waals surface area contributed by atoms with Crippen molar-refractivity contribution < 1.29 is 0 Å². The van der Waals surface area contributed by atoms with E-state index in [9.17, 15) is 0 Å². The van der Waals surface area contributed by atoms with Crippen molar-refractivity contribution in [2.45, 2.75) is 13.5 Å². The zero-order valence-corrected chi connectivity index (χ0v) is 11.0. The summed E-state index contributed by atoms with van der Waals surface area (Å²) in [6.45, 7) is 2.77. The molecule has 0 aliphatic heterocycles. The predicted octanol–water partition coefficient (Wildman–Crippen LogP) is 2.64. The van der Waals surface area contributed by atoms with Gasteiger partial charge in [-0.3, -0.25) is 4.98 Å². The first kappa shape index (κ1) is 12.5. The minimum Gasteiger partial charge on any atom is -0.389 e. The van der Waals surface area contributed by atoms with Crippen LogP contribution in [-0.2, 0) is 6.54 Å². The van der Waals surface area contributed by atoms with Gasteiger partial charge in [-0.05, 0) is 42.3 Å². The number of nitrogens with one attached hydrogen (secondary N) is 1. The van der Waals surface area contributed by atoms with Crippen LogP contribution in [0.25, 0.3) is 0 Å². The summed E-state index contributed by atoms with van der Waals surface area (Å²) in [6, 6.07) is 9.96. The van der Waals surface area contributed by atoms with Gasteiger partial charge >= 0.3 is 0 Å². The number of nitrogens with zero attached hydrogens (tertiary/aromatic N) is 1. The van der Waals surface area contributed by atoms with Gasteiger partial charge in [0.2, 0.25) is 0 Å². The number of anilines is 1. The van der Waals surface area contributed by atoms with E-state index in [0.717, 1.165) is 17.8 Å². The third kappa shape index (κ3) is 3.05. The fourth-order valence-corrected chi connectivity index (χ4v) is 1.90. The molecule has 0 aliphatic carbocycles. The molecular weight excluding hydrogens is 242 g/mol. The monoisotopic (exact) mass is 257 g/mol. The molecule has 0 spiro atoms. The lowest BCUT2D eigenvalue weighted by atomic mass is 10.1. The Kier molecular flexibility index (Phi) is 3.89. The van der Waals surface area contributed by atoms with Crippen LogP contribution in [0.3, 0.4) is 0 Å². The number of aryl methyl sites for hydroxylation is 1. The van der Waals surface area contributed by atoms with Gasteiger partial charge in [0.1, 0.15) is 4.99 Å². The highest BCUT2D eigenvalue weighted by Gasteiger charge is 2.05. The van der Waals surface area contributed by atoms with E-state index >= 15 is 0 Å². The van der Waals surface area contributed by atoms with E-state index in [4.69, 9.17) is 18.0 Å². The Morgan fingerprint density at radius 1 is 1.28 bits per heavy atom. The molecule has 18 heavy (non-hydrogen) atoms. The van der Waals surface area contributed by atoms with Crippen molar-refractivity contribution >= 4 is 22.9 Å². The van der Waals surface area contributed by atoms with Crippen LogP contribution in [-0.4, -0.2) is 9.97 Å². The SMILES string of the molecule is Cc1ccc(C(N)=S)c(NCc2ccncc2)c1. The highest BCUT2D eigenvalue weighted by atomic mass is 32.1. The van der Waals surface area contributed by atoms with Crippen LogP contribution in [0.4, 0.5) is 5.69 Å². The van der Waals surface area contributed by atoms with Crippen LogP contribution in [0.5, 0.6) is 0 Å². The van der Waals surface area contributed by atoms with Crippen LogP contribution < -0.4 is 11.1 Å². The largest absolute Gasteiger partial charge is 0.389 e. The van der Waals surface area contributed by atoms with Crippen LogP contribution in [0.1, 0.15) is 16.7 Å². The van der Waals surface area contributed by atoms with Gasteiger partial charge in [0.25, 0.3) is 0 Å². The van der Waals surface area contributed by atoms with E-state index < -0.39 is 0 Å². The quantitative estimate of drug-likeness (QED) is 0.827. The maximum Gasteiger partial charge on any atom is 0.106 e. The number of rotatable bonds is 4. The van der Waals surface area contributed by atoms with Crippen LogP contribution in [0.2, 0.25) is 0 Å². The standard InChI is InChI=1S/C14H15N3S/c1-10-2-3-12(14(15)18)13(8-10)17-9-11-4-6-16-7-5-11/h2-8,17H,9H2,1H3,(H2,15,18). The molecule has 0 unspecified atom stereocenters. The third-order valence-corrected chi connectivity index (χ3v) is 2.89. The molecule has 0 aliphatic rings. The van der Waals surface area contributed by atoms with Crippen molar-refractivity contribution in [2.24, 2.45) is 5.73 Å². The fraction of sp³-hybridized carbons (Fsp3) is 0.143. The summed E-state index contributed by atoms with van der Waals surface area (Å²) >= 11 is 5.05. The van der Waals surface area contributed by atoms with Crippen molar-refractivity contribution in [3.63, 3.8) is 0 Å². The van der Waals surface area contributed by atoms with E-state index in [1.165, 1.54) is 11.1 Å². The lowest BCUT2D eigenvalue weighted by molar-refractivity contribution is 1.12. The van der Waals surface area contributed by atoms with E-state index in [2.05, 4.69) is 16.4 Å². The first-order valence-electron chi connectivity index (χ1n) is 5.70. The van der Waals surface area contributed by atoms with Gasteiger partial charge in [-0.1, -0.05) is 18.3 Å². The van der Waals surface area contributed by atoms with Crippen molar-refractivity contribution in [3.05, 3.63) is 59.4 Å². The molecule has 92 valence electrons. The van der Waals surface area contributed by atoms with Gasteiger partial charge in [0.15, 0.2) is 0 Å². The Balaban J connectivity index is 2.18. The van der Waals surface area contributed by atoms with Crippen LogP contribution in [0, 0.1) is 6.92 Å². The second-order valence-electron chi connectivity index (χ2n) is 4.12. The number of pyridine rings is 1. The van der Waals surface area contributed by atoms with Crippen molar-refractivity contribution in [1.82, 2.24) is 4.98 Å². The van der Waals surface area contributed by atoms with Gasteiger partial charge in [0.05, 0.1) is 0 Å². The molecule has 2 rings (SSSR count). The zero-order valence-electron chi connectivity index (χ0n) is 10.2. The number of nitrogens with two attached hydrogens (primary N) is 1. The number of hydrogen-bond donors (Lipinski definition) is 2. The zero-order chi connectivity index (χ0) is 13.0. The van der Waals surface area contributed by atoms with Gasteiger partial charge in [-0.2, -0.15) is 0 Å². The van der Waals surface area contributed by atoms with Crippen LogP contribution in [0.15, 0.2) is 42.7 Å². The summed E-state index contributed by atoms with van der Waals surface area (Å²) in [5, 5.41) is 3.36. The number of hydrogen-bond acceptors (Lipinski definition) is 3. The minimum atomic E-state index is 0.409. The second kappa shape index (κ2) is 5.60. The molecule has 0 radical (unpaired) electrons. The molecule has 0 amide bonds. The van der Waals surface area contributed by atoms with Crippen LogP contribution >= 0.6 is 12.2 Å². The topological polar surface area (TPSA) is 50.9 Å². The van der Waals surface area contributed by atoms with Gasteiger partial charge in [0, 0.05) is 30.2 Å². The summed E-state index contributed by atoms with van der Waals surface area (Å²) in [4.78, 5) is 4.40. The Bertz CT molecular complexity index is 552. The molecule has 1 aromatic heterocycles. The summed E-state index contributed by atoms with van der Waals surface area (Å²) in [7, 11) is 0. The maximum absolute atomic E-state index is 5.72. The number of benzene rings is 1. The molecule has 0 atom stereocenters. The first-order valence-corrected chi connectivity index (χ1v) is 6.11. The Morgan fingerprint density at radius 2 is 2.00 bits per heavy atom. The maximum atomic E-state index is 5.72. The average Bonchev–Trinajstić information content (AvgIpc) is 2.37. The van der Waals surface area contributed by atoms with E-state index in [1.54, 1.807) is 12.4 Å². The number of aromatic nitrogens is 1. The van der Waals surface area contributed by atoms with Crippen molar-refractivity contribution in [1.29, 1.82) is 0 Å². The fourth-order valence-electron chi connectivity index (χ4n) is 1.72. The van der Waals surface area contributed by atoms with Gasteiger partial charge in [-0.15, -0.1) is 0 Å². The highest BCUT2D eigenvalue weighted by molar-refractivity contribution is 7.80. The molecule has 0 fully saturated rings. The second-order valence-corrected chi connectivity index (χ2v) is 4.56. The molecule has 0 saturated carbocycles. The molecule has 3 nitrogen and oxygen atoms in total. The van der Waals surface area contributed by atoms with E-state index in [-0.39, 0.29) is 0 Å². The summed E-state index contributed by atoms with van der Waals surface area (Å²) < 4.78 is 0.